The molecule has 0 unspecified atom stereocenters. The highest BCUT2D eigenvalue weighted by Gasteiger charge is 2.06. The maximum atomic E-state index is 11.0. The van der Waals surface area contributed by atoms with Gasteiger partial charge in [0.2, 0.25) is 0 Å². The van der Waals surface area contributed by atoms with Gasteiger partial charge < -0.3 is 4.42 Å². The van der Waals surface area contributed by atoms with Gasteiger partial charge in [0.25, 0.3) is 5.91 Å². The monoisotopic (exact) mass is 365 g/mol. The predicted octanol–water partition coefficient (Wildman–Crippen LogP) is 3.73. The average Bonchev–Trinajstić information content (AvgIpc) is 2.91. The molecular weight excluding hydrogens is 358 g/mol. The quantitative estimate of drug-likeness (QED) is 0.661. The van der Waals surface area contributed by atoms with Crippen molar-refractivity contribution >= 4 is 39.7 Å². The van der Waals surface area contributed by atoms with E-state index in [-0.39, 0.29) is 6.42 Å². The van der Waals surface area contributed by atoms with E-state index < -0.39 is 5.91 Å². The second kappa shape index (κ2) is 7.07. The minimum absolute atomic E-state index is 0.238. The minimum Gasteiger partial charge on any atom is -0.455 e. The fraction of sp³-hybridized carbons (Fsp3) is 0.0714. The summed E-state index contributed by atoms with van der Waals surface area (Å²) in [6, 6.07) is 10.7. The number of halogens is 2. The molecule has 0 aliphatic carbocycles. The molecule has 1 amide bonds. The van der Waals surface area contributed by atoms with Gasteiger partial charge in [-0.3, -0.25) is 4.79 Å². The molecule has 21 heavy (non-hydrogen) atoms. The van der Waals surface area contributed by atoms with Crippen LogP contribution in [0, 0.1) is 11.3 Å². The normalized spacial score (nSPS) is 10.5. The Hall–Kier alpha value is -2.10. The molecule has 7 heteroatoms. The highest BCUT2D eigenvalue weighted by molar-refractivity contribution is 9.10. The van der Waals surface area contributed by atoms with Gasteiger partial charge in [-0.05, 0) is 40.2 Å². The van der Waals surface area contributed by atoms with Gasteiger partial charge in [0.05, 0.1) is 17.3 Å². The number of carbonyl (C=O) groups excluding carboxylic acids is 1. The zero-order valence-electron chi connectivity index (χ0n) is 10.6. The maximum Gasteiger partial charge on any atom is 0.254 e. The Morgan fingerprint density at radius 3 is 3.00 bits per heavy atom. The van der Waals surface area contributed by atoms with E-state index in [0.29, 0.717) is 16.5 Å². The number of furan rings is 1. The topological polar surface area (TPSA) is 78.4 Å². The molecule has 0 atom stereocenters. The molecule has 106 valence electrons. The van der Waals surface area contributed by atoms with E-state index in [4.69, 9.17) is 21.3 Å². The van der Waals surface area contributed by atoms with Crippen molar-refractivity contribution in [2.24, 2.45) is 5.10 Å². The first-order valence-electron chi connectivity index (χ1n) is 5.84. The van der Waals surface area contributed by atoms with Crippen molar-refractivity contribution in [1.29, 1.82) is 5.26 Å². The molecule has 0 spiro atoms. The van der Waals surface area contributed by atoms with Crippen molar-refractivity contribution in [1.82, 2.24) is 5.43 Å². The fourth-order valence-electron chi connectivity index (χ4n) is 1.51. The number of hydrazone groups is 1. The second-order valence-electron chi connectivity index (χ2n) is 3.96. The first-order valence-corrected chi connectivity index (χ1v) is 7.01. The van der Waals surface area contributed by atoms with E-state index in [1.165, 1.54) is 6.21 Å². The summed E-state index contributed by atoms with van der Waals surface area (Å²) in [5, 5.41) is 12.6. The van der Waals surface area contributed by atoms with Crippen molar-refractivity contribution in [3.63, 3.8) is 0 Å². The third-order valence-corrected chi connectivity index (χ3v) is 3.68. The lowest BCUT2D eigenvalue weighted by Crippen LogP contribution is -2.15. The molecule has 1 aromatic heterocycles. The Morgan fingerprint density at radius 2 is 2.29 bits per heavy atom. The molecule has 1 aromatic carbocycles. The molecule has 0 bridgehead atoms. The number of nitrogens with one attached hydrogen (secondary N) is 1. The summed E-state index contributed by atoms with van der Waals surface area (Å²) >= 11 is 9.35. The average molecular weight is 367 g/mol. The van der Waals surface area contributed by atoms with Crippen LogP contribution in [0.4, 0.5) is 0 Å². The van der Waals surface area contributed by atoms with Gasteiger partial charge in [0.1, 0.15) is 17.9 Å². The molecule has 0 aliphatic rings. The molecule has 2 aromatic rings. The Labute approximate surface area is 134 Å². The first-order chi connectivity index (χ1) is 10.1. The predicted molar refractivity (Wildman–Crippen MR) is 82.8 cm³/mol. The van der Waals surface area contributed by atoms with Gasteiger partial charge >= 0.3 is 0 Å². The Morgan fingerprint density at radius 1 is 1.48 bits per heavy atom. The molecule has 0 fully saturated rings. The van der Waals surface area contributed by atoms with E-state index in [1.807, 2.05) is 12.1 Å². The standard InChI is InChI=1S/C14H9BrClN3O2/c15-11-3-1-9(7-12(11)16)13-4-2-10(21-13)8-18-19-14(20)5-6-17/h1-4,7-8H,5H2,(H,19,20). The van der Waals surface area contributed by atoms with Gasteiger partial charge in [-0.2, -0.15) is 10.4 Å². The number of rotatable bonds is 4. The molecule has 0 saturated heterocycles. The summed E-state index contributed by atoms with van der Waals surface area (Å²) in [5.74, 6) is 0.635. The lowest BCUT2D eigenvalue weighted by molar-refractivity contribution is -0.120. The van der Waals surface area contributed by atoms with E-state index >= 15 is 0 Å². The summed E-state index contributed by atoms with van der Waals surface area (Å²) < 4.78 is 6.37. The lowest BCUT2D eigenvalue weighted by atomic mass is 10.2. The van der Waals surface area contributed by atoms with Crippen LogP contribution >= 0.6 is 27.5 Å². The minimum atomic E-state index is -0.472. The van der Waals surface area contributed by atoms with Crippen LogP contribution in [0.15, 0.2) is 44.3 Å². The number of amides is 1. The number of nitrogens with zero attached hydrogens (tertiary/aromatic N) is 2. The molecule has 0 radical (unpaired) electrons. The SMILES string of the molecule is N#CCC(=O)NN=Cc1ccc(-c2ccc(Br)c(Cl)c2)o1. The van der Waals surface area contributed by atoms with E-state index in [0.717, 1.165) is 10.0 Å². The van der Waals surface area contributed by atoms with Crippen LogP contribution in [0.2, 0.25) is 5.02 Å². The third kappa shape index (κ3) is 4.18. The van der Waals surface area contributed by atoms with E-state index in [2.05, 4.69) is 26.5 Å². The van der Waals surface area contributed by atoms with Crippen molar-refractivity contribution in [3.05, 3.63) is 45.6 Å². The molecule has 2 rings (SSSR count). The van der Waals surface area contributed by atoms with Crippen molar-refractivity contribution in [3.8, 4) is 17.4 Å². The van der Waals surface area contributed by atoms with Gasteiger partial charge in [0.15, 0.2) is 0 Å². The van der Waals surface area contributed by atoms with Gasteiger partial charge in [0, 0.05) is 10.0 Å². The maximum absolute atomic E-state index is 11.0. The Kier molecular flexibility index (Phi) is 5.14. The number of carbonyl (C=O) groups is 1. The van der Waals surface area contributed by atoms with Crippen LogP contribution in [0.25, 0.3) is 11.3 Å². The highest BCUT2D eigenvalue weighted by atomic mass is 79.9. The Balaban J connectivity index is 2.08. The van der Waals surface area contributed by atoms with Crippen LogP contribution in [0.1, 0.15) is 12.2 Å². The fourth-order valence-corrected chi connectivity index (χ4v) is 1.93. The molecule has 1 N–H and O–H groups in total. The second-order valence-corrected chi connectivity index (χ2v) is 5.22. The largest absolute Gasteiger partial charge is 0.455 e. The van der Waals surface area contributed by atoms with Crippen molar-refractivity contribution in [2.75, 3.05) is 0 Å². The zero-order chi connectivity index (χ0) is 15.2. The summed E-state index contributed by atoms with van der Waals surface area (Å²) in [5.41, 5.74) is 3.05. The van der Waals surface area contributed by atoms with Crippen LogP contribution in [-0.2, 0) is 4.79 Å². The Bertz CT molecular complexity index is 734. The summed E-state index contributed by atoms with van der Waals surface area (Å²) in [6.07, 6.45) is 1.12. The first kappa shape index (κ1) is 15.3. The molecule has 0 saturated carbocycles. The lowest BCUT2D eigenvalue weighted by Gasteiger charge is -1.99. The van der Waals surface area contributed by atoms with Crippen LogP contribution in [0.5, 0.6) is 0 Å². The van der Waals surface area contributed by atoms with E-state index in [9.17, 15) is 4.79 Å². The molecule has 1 heterocycles. The summed E-state index contributed by atoms with van der Waals surface area (Å²) in [7, 11) is 0. The number of hydrogen-bond acceptors (Lipinski definition) is 4. The smallest absolute Gasteiger partial charge is 0.254 e. The third-order valence-electron chi connectivity index (χ3n) is 2.45. The summed E-state index contributed by atoms with van der Waals surface area (Å²) in [4.78, 5) is 11.0. The van der Waals surface area contributed by atoms with Gasteiger partial charge in [-0.1, -0.05) is 17.7 Å². The number of nitriles is 1. The van der Waals surface area contributed by atoms with E-state index in [1.54, 1.807) is 24.3 Å². The highest BCUT2D eigenvalue weighted by Crippen LogP contribution is 2.29. The van der Waals surface area contributed by atoms with Crippen molar-refractivity contribution < 1.29 is 9.21 Å². The van der Waals surface area contributed by atoms with Crippen LogP contribution in [-0.4, -0.2) is 12.1 Å². The number of benzene rings is 1. The van der Waals surface area contributed by atoms with Crippen LogP contribution < -0.4 is 5.43 Å². The number of hydrogen-bond donors (Lipinski definition) is 1. The van der Waals surface area contributed by atoms with Gasteiger partial charge in [-0.25, -0.2) is 5.43 Å². The molecule has 5 nitrogen and oxygen atoms in total. The zero-order valence-corrected chi connectivity index (χ0v) is 13.0. The molecule has 0 aliphatic heterocycles. The van der Waals surface area contributed by atoms with Crippen molar-refractivity contribution in [2.45, 2.75) is 6.42 Å². The van der Waals surface area contributed by atoms with Gasteiger partial charge in [-0.15, -0.1) is 0 Å². The summed E-state index contributed by atoms with van der Waals surface area (Å²) in [6.45, 7) is 0. The molecular formula is C14H9BrClN3O2. The van der Waals surface area contributed by atoms with Crippen LogP contribution in [0.3, 0.4) is 0 Å².